The lowest BCUT2D eigenvalue weighted by atomic mass is 9.87. The average molecular weight is 250 g/mol. The maximum atomic E-state index is 10.4. The van der Waals surface area contributed by atoms with Crippen LogP contribution in [0.1, 0.15) is 31.7 Å². The molecular formula is C15H22O3. The molecule has 1 aliphatic rings. The second kappa shape index (κ2) is 5.72. The van der Waals surface area contributed by atoms with E-state index in [0.29, 0.717) is 6.42 Å². The van der Waals surface area contributed by atoms with Crippen LogP contribution in [0.3, 0.4) is 0 Å². The minimum atomic E-state index is -0.468. The first-order chi connectivity index (χ1) is 8.64. The van der Waals surface area contributed by atoms with E-state index in [1.165, 1.54) is 0 Å². The molecule has 2 rings (SSSR count). The standard InChI is InChI=1S/C15H22O3/c1-15(8-3-4-9-18-15)14(16)11-12-6-5-7-13(10-12)17-2/h5-7,10,14,16H,3-4,8-9,11H2,1-2H3. The van der Waals surface area contributed by atoms with Gasteiger partial charge in [-0.25, -0.2) is 0 Å². The lowest BCUT2D eigenvalue weighted by Gasteiger charge is -2.38. The molecule has 100 valence electrons. The molecule has 1 N–H and O–H groups in total. The molecule has 1 heterocycles. The molecule has 3 heteroatoms. The third-order valence-corrected chi connectivity index (χ3v) is 3.77. The molecule has 1 fully saturated rings. The molecule has 1 saturated heterocycles. The lowest BCUT2D eigenvalue weighted by Crippen LogP contribution is -2.45. The quantitative estimate of drug-likeness (QED) is 0.892. The third kappa shape index (κ3) is 3.03. The highest BCUT2D eigenvalue weighted by atomic mass is 16.5. The number of benzene rings is 1. The summed E-state index contributed by atoms with van der Waals surface area (Å²) in [4.78, 5) is 0. The fraction of sp³-hybridized carbons (Fsp3) is 0.600. The Bertz CT molecular complexity index is 383. The molecule has 1 aromatic rings. The summed E-state index contributed by atoms with van der Waals surface area (Å²) in [6.45, 7) is 2.77. The van der Waals surface area contributed by atoms with Crippen LogP contribution in [0.25, 0.3) is 0 Å². The molecule has 0 amide bonds. The molecular weight excluding hydrogens is 228 g/mol. The maximum absolute atomic E-state index is 10.4. The Balaban J connectivity index is 2.03. The molecule has 0 aromatic heterocycles. The van der Waals surface area contributed by atoms with Gasteiger partial charge in [-0.1, -0.05) is 12.1 Å². The summed E-state index contributed by atoms with van der Waals surface area (Å²) in [5.41, 5.74) is 0.679. The molecule has 0 aliphatic carbocycles. The van der Waals surface area contributed by atoms with Crippen molar-refractivity contribution in [2.24, 2.45) is 0 Å². The van der Waals surface area contributed by atoms with Gasteiger partial charge in [-0.15, -0.1) is 0 Å². The Labute approximate surface area is 109 Å². The Morgan fingerprint density at radius 3 is 2.94 bits per heavy atom. The first-order valence-corrected chi connectivity index (χ1v) is 6.59. The predicted octanol–water partition coefficient (Wildman–Crippen LogP) is 2.56. The number of hydrogen-bond donors (Lipinski definition) is 1. The summed E-state index contributed by atoms with van der Waals surface area (Å²) in [5.74, 6) is 0.828. The summed E-state index contributed by atoms with van der Waals surface area (Å²) in [6, 6.07) is 7.84. The van der Waals surface area contributed by atoms with Gasteiger partial charge in [0.25, 0.3) is 0 Å². The van der Waals surface area contributed by atoms with Gasteiger partial charge in [0.1, 0.15) is 5.75 Å². The van der Waals surface area contributed by atoms with Gasteiger partial charge in [0, 0.05) is 13.0 Å². The van der Waals surface area contributed by atoms with Crippen molar-refractivity contribution in [3.8, 4) is 5.75 Å². The summed E-state index contributed by atoms with van der Waals surface area (Å²) in [5, 5.41) is 10.4. The number of hydrogen-bond acceptors (Lipinski definition) is 3. The molecule has 0 saturated carbocycles. The van der Waals surface area contributed by atoms with Gasteiger partial charge in [0.05, 0.1) is 18.8 Å². The number of methoxy groups -OCH3 is 1. The van der Waals surface area contributed by atoms with Gasteiger partial charge in [-0.3, -0.25) is 0 Å². The first-order valence-electron chi connectivity index (χ1n) is 6.59. The first kappa shape index (κ1) is 13.4. The Kier molecular flexibility index (Phi) is 4.25. The van der Waals surface area contributed by atoms with Crippen LogP contribution in [0.4, 0.5) is 0 Å². The SMILES string of the molecule is COc1cccc(CC(O)C2(C)CCCCO2)c1. The topological polar surface area (TPSA) is 38.7 Å². The van der Waals surface area contributed by atoms with E-state index in [0.717, 1.165) is 37.2 Å². The predicted molar refractivity (Wildman–Crippen MR) is 70.9 cm³/mol. The highest BCUT2D eigenvalue weighted by Gasteiger charge is 2.35. The maximum Gasteiger partial charge on any atom is 0.119 e. The van der Waals surface area contributed by atoms with Crippen LogP contribution in [0.15, 0.2) is 24.3 Å². The van der Waals surface area contributed by atoms with E-state index in [1.54, 1.807) is 7.11 Å². The van der Waals surface area contributed by atoms with Gasteiger partial charge >= 0.3 is 0 Å². The van der Waals surface area contributed by atoms with Crippen LogP contribution in [0.5, 0.6) is 5.75 Å². The van der Waals surface area contributed by atoms with Gasteiger partial charge in [-0.05, 0) is 43.9 Å². The van der Waals surface area contributed by atoms with Crippen molar-refractivity contribution in [2.75, 3.05) is 13.7 Å². The van der Waals surface area contributed by atoms with Crippen molar-refractivity contribution >= 4 is 0 Å². The Morgan fingerprint density at radius 2 is 2.28 bits per heavy atom. The van der Waals surface area contributed by atoms with Crippen LogP contribution < -0.4 is 4.74 Å². The summed E-state index contributed by atoms with van der Waals surface area (Å²) < 4.78 is 11.0. The van der Waals surface area contributed by atoms with Crippen molar-refractivity contribution in [2.45, 2.75) is 44.3 Å². The Hall–Kier alpha value is -1.06. The number of rotatable bonds is 4. The van der Waals surface area contributed by atoms with Crippen molar-refractivity contribution < 1.29 is 14.6 Å². The van der Waals surface area contributed by atoms with E-state index in [4.69, 9.17) is 9.47 Å². The molecule has 2 unspecified atom stereocenters. The molecule has 0 radical (unpaired) electrons. The molecule has 3 nitrogen and oxygen atoms in total. The zero-order valence-corrected chi connectivity index (χ0v) is 11.2. The fourth-order valence-electron chi connectivity index (χ4n) is 2.46. The molecule has 18 heavy (non-hydrogen) atoms. The molecule has 0 spiro atoms. The highest BCUT2D eigenvalue weighted by molar-refractivity contribution is 5.29. The van der Waals surface area contributed by atoms with E-state index in [1.807, 2.05) is 31.2 Å². The van der Waals surface area contributed by atoms with Crippen molar-refractivity contribution in [1.29, 1.82) is 0 Å². The van der Waals surface area contributed by atoms with Crippen LogP contribution in [-0.2, 0) is 11.2 Å². The number of aliphatic hydroxyl groups is 1. The second-order valence-corrected chi connectivity index (χ2v) is 5.19. The van der Waals surface area contributed by atoms with Crippen LogP contribution in [0, 0.1) is 0 Å². The van der Waals surface area contributed by atoms with Crippen molar-refractivity contribution in [3.05, 3.63) is 29.8 Å². The van der Waals surface area contributed by atoms with E-state index in [-0.39, 0.29) is 0 Å². The zero-order valence-electron chi connectivity index (χ0n) is 11.2. The monoisotopic (exact) mass is 250 g/mol. The molecule has 0 bridgehead atoms. The summed E-state index contributed by atoms with van der Waals surface area (Å²) >= 11 is 0. The number of ether oxygens (including phenoxy) is 2. The normalized spacial score (nSPS) is 25.7. The van der Waals surface area contributed by atoms with Gasteiger partial charge in [0.15, 0.2) is 0 Å². The summed E-state index contributed by atoms with van der Waals surface area (Å²) in [7, 11) is 1.65. The summed E-state index contributed by atoms with van der Waals surface area (Å²) in [6.07, 6.45) is 3.30. The van der Waals surface area contributed by atoms with Crippen LogP contribution in [-0.4, -0.2) is 30.5 Å². The van der Waals surface area contributed by atoms with Gasteiger partial charge in [0.2, 0.25) is 0 Å². The minimum Gasteiger partial charge on any atom is -0.497 e. The molecule has 1 aromatic carbocycles. The van der Waals surface area contributed by atoms with Crippen LogP contribution in [0.2, 0.25) is 0 Å². The second-order valence-electron chi connectivity index (χ2n) is 5.19. The van der Waals surface area contributed by atoms with E-state index in [2.05, 4.69) is 0 Å². The smallest absolute Gasteiger partial charge is 0.119 e. The van der Waals surface area contributed by atoms with Gasteiger partial charge in [-0.2, -0.15) is 0 Å². The molecule has 2 atom stereocenters. The fourth-order valence-corrected chi connectivity index (χ4v) is 2.46. The van der Waals surface area contributed by atoms with Crippen LogP contribution >= 0.6 is 0 Å². The van der Waals surface area contributed by atoms with E-state index in [9.17, 15) is 5.11 Å². The third-order valence-electron chi connectivity index (χ3n) is 3.77. The lowest BCUT2D eigenvalue weighted by molar-refractivity contribution is -0.135. The Morgan fingerprint density at radius 1 is 1.44 bits per heavy atom. The largest absolute Gasteiger partial charge is 0.497 e. The number of aliphatic hydroxyl groups excluding tert-OH is 1. The minimum absolute atomic E-state index is 0.401. The van der Waals surface area contributed by atoms with E-state index < -0.39 is 11.7 Å². The average Bonchev–Trinajstić information content (AvgIpc) is 2.40. The van der Waals surface area contributed by atoms with Gasteiger partial charge < -0.3 is 14.6 Å². The zero-order chi connectivity index (χ0) is 13.0. The van der Waals surface area contributed by atoms with Crippen molar-refractivity contribution in [1.82, 2.24) is 0 Å². The highest BCUT2D eigenvalue weighted by Crippen LogP contribution is 2.30. The molecule has 1 aliphatic heterocycles. The van der Waals surface area contributed by atoms with Crippen molar-refractivity contribution in [3.63, 3.8) is 0 Å². The van der Waals surface area contributed by atoms with E-state index >= 15 is 0 Å².